The first kappa shape index (κ1) is 16.6. The number of hydrogen-bond donors (Lipinski definition) is 0. The Morgan fingerprint density at radius 3 is 2.42 bits per heavy atom. The van der Waals surface area contributed by atoms with E-state index in [1.165, 1.54) is 6.20 Å². The third-order valence-corrected chi connectivity index (χ3v) is 2.68. The van der Waals surface area contributed by atoms with Gasteiger partial charge in [-0.15, -0.1) is 0 Å². The zero-order chi connectivity index (χ0) is 13.9. The van der Waals surface area contributed by atoms with Gasteiger partial charge in [0.25, 0.3) is 0 Å². The largest absolute Gasteiger partial charge is 0.474 e. The first-order valence-corrected chi connectivity index (χ1v) is 6.86. The molecule has 0 saturated carbocycles. The number of nitrogens with zero attached hydrogens (tertiary/aromatic N) is 2. The molecule has 0 aliphatic heterocycles. The number of aromatic nitrogens is 2. The summed E-state index contributed by atoms with van der Waals surface area (Å²) in [6.07, 6.45) is 1.54. The summed E-state index contributed by atoms with van der Waals surface area (Å²) in [6, 6.07) is 0. The van der Waals surface area contributed by atoms with Gasteiger partial charge in [0.2, 0.25) is 11.2 Å². The Morgan fingerprint density at radius 1 is 1.11 bits per heavy atom. The van der Waals surface area contributed by atoms with Gasteiger partial charge in [0.1, 0.15) is 6.61 Å². The van der Waals surface area contributed by atoms with E-state index >= 15 is 0 Å². The fraction of sp³-hybridized carbons (Fsp3) is 0.636. The highest BCUT2D eigenvalue weighted by Crippen LogP contribution is 2.22. The minimum Gasteiger partial charge on any atom is -0.474 e. The van der Waals surface area contributed by atoms with Crippen LogP contribution < -0.4 is 4.74 Å². The van der Waals surface area contributed by atoms with Crippen LogP contribution in [0.4, 0.5) is 0 Å². The first-order valence-electron chi connectivity index (χ1n) is 5.69. The molecule has 1 aromatic heterocycles. The Labute approximate surface area is 125 Å². The van der Waals surface area contributed by atoms with Crippen molar-refractivity contribution in [3.8, 4) is 5.88 Å². The van der Waals surface area contributed by atoms with Crippen molar-refractivity contribution in [2.24, 2.45) is 0 Å². The van der Waals surface area contributed by atoms with Crippen molar-refractivity contribution in [3.05, 3.63) is 16.0 Å². The van der Waals surface area contributed by atoms with Crippen molar-refractivity contribution in [1.29, 1.82) is 0 Å². The highest BCUT2D eigenvalue weighted by Gasteiger charge is 2.04. The second-order valence-electron chi connectivity index (χ2n) is 3.36. The molecular formula is C11H16BrClN2O4. The van der Waals surface area contributed by atoms with Crippen LogP contribution in [0.25, 0.3) is 0 Å². The number of ether oxygens (including phenoxy) is 4. The molecular weight excluding hydrogens is 339 g/mol. The maximum atomic E-state index is 5.66. The van der Waals surface area contributed by atoms with Gasteiger partial charge >= 0.3 is 0 Å². The molecule has 108 valence electrons. The lowest BCUT2D eigenvalue weighted by atomic mass is 10.6. The van der Waals surface area contributed by atoms with Gasteiger partial charge in [-0.05, 0) is 27.5 Å². The molecule has 8 heteroatoms. The predicted octanol–water partition coefficient (Wildman–Crippen LogP) is 1.95. The molecule has 0 spiro atoms. The van der Waals surface area contributed by atoms with Crippen molar-refractivity contribution in [3.63, 3.8) is 0 Å². The molecule has 1 rings (SSSR count). The molecule has 6 nitrogen and oxygen atoms in total. The molecule has 1 heterocycles. The molecule has 1 aromatic rings. The van der Waals surface area contributed by atoms with E-state index in [1.807, 2.05) is 0 Å². The fourth-order valence-corrected chi connectivity index (χ4v) is 1.52. The van der Waals surface area contributed by atoms with Crippen molar-refractivity contribution in [1.82, 2.24) is 9.97 Å². The van der Waals surface area contributed by atoms with Crippen LogP contribution >= 0.6 is 27.5 Å². The van der Waals surface area contributed by atoms with E-state index in [-0.39, 0.29) is 5.28 Å². The summed E-state index contributed by atoms with van der Waals surface area (Å²) in [5, 5.41) is 0.144. The molecule has 0 unspecified atom stereocenters. The highest BCUT2D eigenvalue weighted by atomic mass is 79.9. The monoisotopic (exact) mass is 354 g/mol. The Hall–Kier alpha value is -0.470. The number of halogens is 2. The average molecular weight is 356 g/mol. The standard InChI is InChI=1S/C11H16BrClN2O4/c1-16-2-3-17-4-5-18-6-7-19-10-9(12)8-14-11(13)15-10/h8H,2-7H2,1H3. The molecule has 0 saturated heterocycles. The van der Waals surface area contributed by atoms with Gasteiger partial charge in [0.05, 0.1) is 37.5 Å². The van der Waals surface area contributed by atoms with Gasteiger partial charge in [-0.25, -0.2) is 4.98 Å². The topological polar surface area (TPSA) is 62.7 Å². The Kier molecular flexibility index (Phi) is 9.02. The molecule has 0 aromatic carbocycles. The average Bonchev–Trinajstić information content (AvgIpc) is 2.40. The fourth-order valence-electron chi connectivity index (χ4n) is 1.09. The predicted molar refractivity (Wildman–Crippen MR) is 73.8 cm³/mol. The molecule has 0 atom stereocenters. The lowest BCUT2D eigenvalue weighted by molar-refractivity contribution is 0.0176. The minimum absolute atomic E-state index is 0.144. The molecule has 0 aliphatic rings. The molecule has 0 radical (unpaired) electrons. The van der Waals surface area contributed by atoms with E-state index < -0.39 is 0 Å². The van der Waals surface area contributed by atoms with Crippen LogP contribution in [0, 0.1) is 0 Å². The van der Waals surface area contributed by atoms with Gasteiger partial charge in [-0.3, -0.25) is 0 Å². The van der Waals surface area contributed by atoms with Crippen LogP contribution in [0.1, 0.15) is 0 Å². The summed E-state index contributed by atoms with van der Waals surface area (Å²) in [5.74, 6) is 0.403. The van der Waals surface area contributed by atoms with Gasteiger partial charge in [0.15, 0.2) is 0 Å². The van der Waals surface area contributed by atoms with Gasteiger partial charge in [-0.1, -0.05) is 0 Å². The van der Waals surface area contributed by atoms with Crippen molar-refractivity contribution in [2.45, 2.75) is 0 Å². The second kappa shape index (κ2) is 10.3. The first-order chi connectivity index (χ1) is 9.24. The van der Waals surface area contributed by atoms with Crippen molar-refractivity contribution >= 4 is 27.5 Å². The lowest BCUT2D eigenvalue weighted by Crippen LogP contribution is -2.12. The van der Waals surface area contributed by atoms with E-state index in [2.05, 4.69) is 25.9 Å². The van der Waals surface area contributed by atoms with Crippen LogP contribution in [0.3, 0.4) is 0 Å². The Morgan fingerprint density at radius 2 is 1.74 bits per heavy atom. The number of hydrogen-bond acceptors (Lipinski definition) is 6. The van der Waals surface area contributed by atoms with Gasteiger partial charge in [0, 0.05) is 13.3 Å². The number of methoxy groups -OCH3 is 1. The molecule has 0 aliphatic carbocycles. The van der Waals surface area contributed by atoms with E-state index in [0.717, 1.165) is 0 Å². The third-order valence-electron chi connectivity index (χ3n) is 1.95. The van der Waals surface area contributed by atoms with Crippen LogP contribution in [0.2, 0.25) is 5.28 Å². The quantitative estimate of drug-likeness (QED) is 0.472. The van der Waals surface area contributed by atoms with Crippen LogP contribution in [0.15, 0.2) is 10.7 Å². The van der Waals surface area contributed by atoms with Crippen molar-refractivity contribution < 1.29 is 18.9 Å². The summed E-state index contributed by atoms with van der Waals surface area (Å²) in [7, 11) is 1.63. The van der Waals surface area contributed by atoms with Crippen LogP contribution in [-0.2, 0) is 14.2 Å². The molecule has 0 N–H and O–H groups in total. The summed E-state index contributed by atoms with van der Waals surface area (Å²) in [6.45, 7) is 3.03. The SMILES string of the molecule is COCCOCCOCCOc1nc(Cl)ncc1Br. The second-order valence-corrected chi connectivity index (χ2v) is 4.55. The Balaban J connectivity index is 2.03. The summed E-state index contributed by atoms with van der Waals surface area (Å²) in [5.41, 5.74) is 0. The van der Waals surface area contributed by atoms with E-state index in [1.54, 1.807) is 7.11 Å². The summed E-state index contributed by atoms with van der Waals surface area (Å²) >= 11 is 8.93. The Bertz CT molecular complexity index is 371. The molecule has 0 amide bonds. The molecule has 0 bridgehead atoms. The number of rotatable bonds is 10. The van der Waals surface area contributed by atoms with Gasteiger partial charge in [-0.2, -0.15) is 4.98 Å². The highest BCUT2D eigenvalue weighted by molar-refractivity contribution is 9.10. The third kappa shape index (κ3) is 7.64. The minimum atomic E-state index is 0.144. The summed E-state index contributed by atoms with van der Waals surface area (Å²) < 4.78 is 21.5. The van der Waals surface area contributed by atoms with E-state index in [9.17, 15) is 0 Å². The lowest BCUT2D eigenvalue weighted by Gasteiger charge is -2.08. The van der Waals surface area contributed by atoms with Gasteiger partial charge < -0.3 is 18.9 Å². The van der Waals surface area contributed by atoms with E-state index in [4.69, 9.17) is 30.5 Å². The maximum absolute atomic E-state index is 5.66. The van der Waals surface area contributed by atoms with E-state index in [0.29, 0.717) is 50.0 Å². The zero-order valence-corrected chi connectivity index (χ0v) is 12.9. The van der Waals surface area contributed by atoms with Crippen LogP contribution in [0.5, 0.6) is 5.88 Å². The maximum Gasteiger partial charge on any atom is 0.232 e. The summed E-state index contributed by atoms with van der Waals surface area (Å²) in [4.78, 5) is 7.73. The molecule has 19 heavy (non-hydrogen) atoms. The normalized spacial score (nSPS) is 10.7. The zero-order valence-electron chi connectivity index (χ0n) is 10.6. The van der Waals surface area contributed by atoms with Crippen molar-refractivity contribution in [2.75, 3.05) is 46.8 Å². The van der Waals surface area contributed by atoms with Crippen LogP contribution in [-0.4, -0.2) is 56.7 Å². The molecule has 0 fully saturated rings. The smallest absolute Gasteiger partial charge is 0.232 e.